The molecule has 0 aliphatic heterocycles. The highest BCUT2D eigenvalue weighted by Crippen LogP contribution is 2.34. The van der Waals surface area contributed by atoms with E-state index >= 15 is 0 Å². The minimum atomic E-state index is -4.30. The second kappa shape index (κ2) is 6.89. The normalized spacial score (nSPS) is 14.6. The van der Waals surface area contributed by atoms with Crippen LogP contribution in [-0.2, 0) is 24.3 Å². The van der Waals surface area contributed by atoms with E-state index in [1.807, 2.05) is 4.72 Å². The zero-order valence-corrected chi connectivity index (χ0v) is 15.0. The Kier molecular flexibility index (Phi) is 5.29. The van der Waals surface area contributed by atoms with Crippen molar-refractivity contribution in [1.29, 1.82) is 0 Å². The van der Waals surface area contributed by atoms with E-state index in [1.165, 1.54) is 6.92 Å². The molecule has 8 nitrogen and oxygen atoms in total. The van der Waals surface area contributed by atoms with Crippen molar-refractivity contribution >= 4 is 39.2 Å². The van der Waals surface area contributed by atoms with Crippen LogP contribution in [0.2, 0.25) is 0 Å². The average Bonchev–Trinajstić information content (AvgIpc) is 2.81. The van der Waals surface area contributed by atoms with E-state index in [9.17, 15) is 22.8 Å². The summed E-state index contributed by atoms with van der Waals surface area (Å²) in [6, 6.07) is 0. The van der Waals surface area contributed by atoms with Gasteiger partial charge < -0.3 is 9.47 Å². The van der Waals surface area contributed by atoms with E-state index in [1.54, 1.807) is 0 Å². The number of nitrogens with one attached hydrogen (secondary N) is 1. The number of hydrogen-bond donors (Lipinski definition) is 1. The molecule has 1 heterocycles. The monoisotopic (exact) mass is 375 g/mol. The molecule has 1 amide bonds. The number of carbonyl (C=O) groups is 3. The van der Waals surface area contributed by atoms with Crippen LogP contribution in [0.15, 0.2) is 4.21 Å². The highest BCUT2D eigenvalue weighted by molar-refractivity contribution is 7.92. The van der Waals surface area contributed by atoms with Crippen molar-refractivity contribution < 1.29 is 32.3 Å². The molecule has 0 saturated heterocycles. The van der Waals surface area contributed by atoms with Crippen LogP contribution in [0.25, 0.3) is 0 Å². The Hall–Kier alpha value is -1.94. The molecule has 0 spiro atoms. The first-order valence-electron chi connectivity index (χ1n) is 7.09. The molecule has 24 heavy (non-hydrogen) atoms. The lowest BCUT2D eigenvalue weighted by Crippen LogP contribution is -2.38. The second-order valence-corrected chi connectivity index (χ2v) is 8.20. The molecule has 0 radical (unpaired) electrons. The van der Waals surface area contributed by atoms with Crippen LogP contribution in [0.4, 0.5) is 0 Å². The number of carbonyl (C=O) groups excluding carboxylic acids is 3. The summed E-state index contributed by atoms with van der Waals surface area (Å²) >= 11 is 0.571. The molecule has 1 N–H and O–H groups in total. The quantitative estimate of drug-likeness (QED) is 0.770. The summed E-state index contributed by atoms with van der Waals surface area (Å²) in [6.45, 7) is 1.42. The highest BCUT2D eigenvalue weighted by Gasteiger charge is 2.35. The lowest BCUT2D eigenvalue weighted by molar-refractivity contribution is -0.125. The van der Waals surface area contributed by atoms with Crippen molar-refractivity contribution in [2.75, 3.05) is 14.2 Å². The fourth-order valence-electron chi connectivity index (χ4n) is 2.23. The summed E-state index contributed by atoms with van der Waals surface area (Å²) in [6.07, 6.45) is 2.13. The first-order valence-corrected chi connectivity index (χ1v) is 9.39. The SMILES string of the molecule is COC(=O)c1sc(S(=O)(=O)NC(=O)C2CCC2)c(C(=O)OC)c1C. The van der Waals surface area contributed by atoms with Crippen LogP contribution in [0, 0.1) is 12.8 Å². The molecule has 1 aromatic rings. The van der Waals surface area contributed by atoms with E-state index < -0.39 is 32.1 Å². The summed E-state index contributed by atoms with van der Waals surface area (Å²) in [4.78, 5) is 35.7. The fourth-order valence-corrected chi connectivity index (χ4v) is 5.02. The predicted octanol–water partition coefficient (Wildman–Crippen LogP) is 1.23. The lowest BCUT2D eigenvalue weighted by Gasteiger charge is -2.23. The number of amides is 1. The summed E-state index contributed by atoms with van der Waals surface area (Å²) in [7, 11) is -2.06. The average molecular weight is 375 g/mol. The molecule has 0 unspecified atom stereocenters. The summed E-state index contributed by atoms with van der Waals surface area (Å²) in [5.41, 5.74) is -0.132. The van der Waals surface area contributed by atoms with E-state index in [4.69, 9.17) is 0 Å². The molecule has 0 atom stereocenters. The van der Waals surface area contributed by atoms with Crippen molar-refractivity contribution in [2.45, 2.75) is 30.4 Å². The first kappa shape index (κ1) is 18.4. The van der Waals surface area contributed by atoms with Crippen molar-refractivity contribution in [1.82, 2.24) is 4.72 Å². The molecule has 0 bridgehead atoms. The van der Waals surface area contributed by atoms with Crippen molar-refractivity contribution in [3.05, 3.63) is 16.0 Å². The highest BCUT2D eigenvalue weighted by atomic mass is 32.2. The number of hydrogen-bond acceptors (Lipinski definition) is 8. The summed E-state index contributed by atoms with van der Waals surface area (Å²) in [5.74, 6) is -2.63. The maximum Gasteiger partial charge on any atom is 0.348 e. The van der Waals surface area contributed by atoms with Gasteiger partial charge in [0.2, 0.25) is 5.91 Å². The van der Waals surface area contributed by atoms with Gasteiger partial charge in [-0.05, 0) is 25.3 Å². The summed E-state index contributed by atoms with van der Waals surface area (Å²) in [5, 5.41) is 0. The molecule has 132 valence electrons. The number of ether oxygens (including phenoxy) is 2. The Labute approximate surface area is 143 Å². The van der Waals surface area contributed by atoms with E-state index in [-0.39, 0.29) is 21.9 Å². The van der Waals surface area contributed by atoms with Gasteiger partial charge in [0.15, 0.2) is 4.21 Å². The minimum Gasteiger partial charge on any atom is -0.465 e. The largest absolute Gasteiger partial charge is 0.465 e. The Morgan fingerprint density at radius 2 is 1.71 bits per heavy atom. The molecular weight excluding hydrogens is 358 g/mol. The molecule has 2 rings (SSSR count). The molecule has 1 aliphatic carbocycles. The van der Waals surface area contributed by atoms with Crippen LogP contribution >= 0.6 is 11.3 Å². The Bertz CT molecular complexity index is 790. The van der Waals surface area contributed by atoms with Gasteiger partial charge in [-0.15, -0.1) is 11.3 Å². The number of sulfonamides is 1. The van der Waals surface area contributed by atoms with Gasteiger partial charge in [0.25, 0.3) is 10.0 Å². The van der Waals surface area contributed by atoms with Crippen LogP contribution < -0.4 is 4.72 Å². The minimum absolute atomic E-state index is 0.0330. The maximum atomic E-state index is 12.5. The van der Waals surface area contributed by atoms with Crippen LogP contribution in [-0.4, -0.2) is 40.5 Å². The third-order valence-electron chi connectivity index (χ3n) is 3.83. The van der Waals surface area contributed by atoms with Crippen molar-refractivity contribution in [3.63, 3.8) is 0 Å². The lowest BCUT2D eigenvalue weighted by atomic mass is 9.85. The fraction of sp³-hybridized carbons (Fsp3) is 0.500. The van der Waals surface area contributed by atoms with Gasteiger partial charge in [-0.1, -0.05) is 6.42 Å². The Morgan fingerprint density at radius 1 is 1.12 bits per heavy atom. The molecule has 10 heteroatoms. The Balaban J connectivity index is 2.48. The molecule has 1 aliphatic rings. The van der Waals surface area contributed by atoms with Crippen LogP contribution in [0.3, 0.4) is 0 Å². The number of thiophene rings is 1. The topological polar surface area (TPSA) is 116 Å². The third-order valence-corrected chi connectivity index (χ3v) is 6.97. The van der Waals surface area contributed by atoms with Gasteiger partial charge in [0, 0.05) is 5.92 Å². The number of methoxy groups -OCH3 is 2. The molecule has 1 fully saturated rings. The molecular formula is C14H17NO7S2. The van der Waals surface area contributed by atoms with Gasteiger partial charge in [-0.2, -0.15) is 0 Å². The number of esters is 2. The molecule has 0 aromatic carbocycles. The van der Waals surface area contributed by atoms with E-state index in [0.717, 1.165) is 20.6 Å². The van der Waals surface area contributed by atoms with Crippen LogP contribution in [0.1, 0.15) is 44.9 Å². The van der Waals surface area contributed by atoms with Crippen molar-refractivity contribution in [2.24, 2.45) is 5.92 Å². The van der Waals surface area contributed by atoms with Gasteiger partial charge in [-0.3, -0.25) is 4.79 Å². The zero-order valence-electron chi connectivity index (χ0n) is 13.4. The maximum absolute atomic E-state index is 12.5. The van der Waals surface area contributed by atoms with Gasteiger partial charge in [0.05, 0.1) is 19.8 Å². The summed E-state index contributed by atoms with van der Waals surface area (Å²) < 4.78 is 35.8. The third kappa shape index (κ3) is 3.29. The second-order valence-electron chi connectivity index (χ2n) is 5.30. The van der Waals surface area contributed by atoms with Gasteiger partial charge in [0.1, 0.15) is 4.88 Å². The molecule has 1 saturated carbocycles. The predicted molar refractivity (Wildman–Crippen MR) is 84.4 cm³/mol. The van der Waals surface area contributed by atoms with Crippen molar-refractivity contribution in [3.8, 4) is 0 Å². The molecule has 1 aromatic heterocycles. The first-order chi connectivity index (χ1) is 11.2. The van der Waals surface area contributed by atoms with Gasteiger partial charge in [-0.25, -0.2) is 22.7 Å². The van der Waals surface area contributed by atoms with E-state index in [2.05, 4.69) is 9.47 Å². The van der Waals surface area contributed by atoms with Crippen LogP contribution in [0.5, 0.6) is 0 Å². The van der Waals surface area contributed by atoms with Gasteiger partial charge >= 0.3 is 11.9 Å². The Morgan fingerprint density at radius 3 is 2.17 bits per heavy atom. The standard InChI is InChI=1S/C14H17NO7S2/c1-7-9(12(17)21-2)14(23-10(7)13(18)22-3)24(19,20)15-11(16)8-5-4-6-8/h8H,4-6H2,1-3H3,(H,15,16). The smallest absolute Gasteiger partial charge is 0.348 e. The van der Waals surface area contributed by atoms with E-state index in [0.29, 0.717) is 24.2 Å². The number of rotatable bonds is 5. The zero-order chi connectivity index (χ0) is 18.1.